The van der Waals surface area contributed by atoms with Gasteiger partial charge in [0.1, 0.15) is 5.76 Å². The Morgan fingerprint density at radius 1 is 0.938 bits per heavy atom. The number of nitrogens with zero attached hydrogens (tertiary/aromatic N) is 1. The van der Waals surface area contributed by atoms with E-state index in [1.54, 1.807) is 67.0 Å². The number of para-hydroxylation sites is 1. The number of carbonyl (C=O) groups excluding carboxylic acids is 2. The lowest BCUT2D eigenvalue weighted by Crippen LogP contribution is -2.24. The van der Waals surface area contributed by atoms with Gasteiger partial charge in [0, 0.05) is 29.5 Å². The lowest BCUT2D eigenvalue weighted by atomic mass is 10.1. The normalized spacial score (nSPS) is 10.6. The maximum absolute atomic E-state index is 12.8. The molecule has 0 spiro atoms. The summed E-state index contributed by atoms with van der Waals surface area (Å²) < 4.78 is 5.68. The van der Waals surface area contributed by atoms with Gasteiger partial charge in [0.25, 0.3) is 11.8 Å². The second kappa shape index (κ2) is 9.68. The zero-order valence-electron chi connectivity index (χ0n) is 16.6. The van der Waals surface area contributed by atoms with Gasteiger partial charge in [-0.15, -0.1) is 0 Å². The maximum atomic E-state index is 12.8. The first-order chi connectivity index (χ1) is 15.5. The molecule has 0 radical (unpaired) electrons. The first-order valence-electron chi connectivity index (χ1n) is 9.64. The second-order valence-electron chi connectivity index (χ2n) is 6.83. The Morgan fingerprint density at radius 2 is 1.78 bits per heavy atom. The van der Waals surface area contributed by atoms with Gasteiger partial charge in [0.05, 0.1) is 16.3 Å². The fourth-order valence-corrected chi connectivity index (χ4v) is 3.43. The molecule has 32 heavy (non-hydrogen) atoms. The summed E-state index contributed by atoms with van der Waals surface area (Å²) >= 11 is 12.2. The molecule has 2 aromatic carbocycles. The number of carbonyl (C=O) groups is 2. The first kappa shape index (κ1) is 21.6. The van der Waals surface area contributed by atoms with E-state index in [0.717, 1.165) is 5.56 Å². The highest BCUT2D eigenvalue weighted by Gasteiger charge is 2.18. The van der Waals surface area contributed by atoms with E-state index < -0.39 is 5.91 Å². The number of hydrogen-bond acceptors (Lipinski definition) is 4. The van der Waals surface area contributed by atoms with Crippen LogP contribution in [0, 0.1) is 0 Å². The average Bonchev–Trinajstić information content (AvgIpc) is 3.30. The van der Waals surface area contributed by atoms with Crippen molar-refractivity contribution in [2.24, 2.45) is 0 Å². The molecule has 160 valence electrons. The molecule has 4 rings (SSSR count). The summed E-state index contributed by atoms with van der Waals surface area (Å²) in [5.41, 5.74) is 2.13. The second-order valence-corrected chi connectivity index (χ2v) is 7.68. The van der Waals surface area contributed by atoms with E-state index in [2.05, 4.69) is 15.6 Å². The van der Waals surface area contributed by atoms with Crippen molar-refractivity contribution < 1.29 is 14.0 Å². The van der Waals surface area contributed by atoms with Crippen LogP contribution in [0.4, 0.5) is 5.69 Å². The molecule has 0 aliphatic heterocycles. The number of benzene rings is 2. The van der Waals surface area contributed by atoms with Gasteiger partial charge in [-0.2, -0.15) is 0 Å². The van der Waals surface area contributed by atoms with Crippen molar-refractivity contribution in [3.63, 3.8) is 0 Å². The number of rotatable bonds is 6. The fourth-order valence-electron chi connectivity index (χ4n) is 3.05. The molecule has 2 aromatic heterocycles. The minimum Gasteiger partial charge on any atom is -0.451 e. The number of aromatic nitrogens is 1. The Bertz CT molecular complexity index is 1270. The third-order valence-electron chi connectivity index (χ3n) is 4.62. The molecule has 0 bridgehead atoms. The summed E-state index contributed by atoms with van der Waals surface area (Å²) in [4.78, 5) is 29.5. The molecule has 2 amide bonds. The predicted molar refractivity (Wildman–Crippen MR) is 124 cm³/mol. The quantitative estimate of drug-likeness (QED) is 0.375. The number of amides is 2. The van der Waals surface area contributed by atoms with Crippen LogP contribution in [0.2, 0.25) is 10.0 Å². The number of anilines is 1. The monoisotopic (exact) mass is 465 g/mol. The van der Waals surface area contributed by atoms with Crippen molar-refractivity contribution >= 4 is 40.7 Å². The van der Waals surface area contributed by atoms with Crippen LogP contribution in [-0.4, -0.2) is 16.8 Å². The topological polar surface area (TPSA) is 84.2 Å². The van der Waals surface area contributed by atoms with Crippen LogP contribution < -0.4 is 10.6 Å². The van der Waals surface area contributed by atoms with Gasteiger partial charge in [-0.1, -0.05) is 41.4 Å². The number of nitrogens with one attached hydrogen (secondary N) is 2. The highest BCUT2D eigenvalue weighted by molar-refractivity contribution is 6.35. The minimum absolute atomic E-state index is 0.0709. The van der Waals surface area contributed by atoms with E-state index in [0.29, 0.717) is 39.2 Å². The van der Waals surface area contributed by atoms with E-state index in [1.807, 2.05) is 6.07 Å². The SMILES string of the molecule is O=C(Nc1ccccc1C(=O)NCc1cccnc1)c1ccc(-c2cc(Cl)ccc2Cl)o1. The van der Waals surface area contributed by atoms with Crippen LogP contribution in [0.3, 0.4) is 0 Å². The molecular weight excluding hydrogens is 449 g/mol. The largest absolute Gasteiger partial charge is 0.451 e. The van der Waals surface area contributed by atoms with Crippen molar-refractivity contribution in [1.82, 2.24) is 10.3 Å². The molecule has 0 aliphatic rings. The minimum atomic E-state index is -0.498. The lowest BCUT2D eigenvalue weighted by Gasteiger charge is -2.11. The molecular formula is C24H17Cl2N3O3. The fraction of sp³-hybridized carbons (Fsp3) is 0.0417. The zero-order chi connectivity index (χ0) is 22.5. The van der Waals surface area contributed by atoms with Crippen LogP contribution in [-0.2, 0) is 6.54 Å². The molecule has 0 saturated carbocycles. The van der Waals surface area contributed by atoms with Gasteiger partial charge in [-0.05, 0) is 54.1 Å². The van der Waals surface area contributed by atoms with Gasteiger partial charge in [-0.25, -0.2) is 0 Å². The molecule has 2 N–H and O–H groups in total. The predicted octanol–water partition coefficient (Wildman–Crippen LogP) is 5.83. The average molecular weight is 466 g/mol. The van der Waals surface area contributed by atoms with Gasteiger partial charge in [0.2, 0.25) is 0 Å². The van der Waals surface area contributed by atoms with Crippen LogP contribution in [0.15, 0.2) is 83.5 Å². The Balaban J connectivity index is 1.49. The molecule has 0 fully saturated rings. The Kier molecular flexibility index (Phi) is 6.54. The van der Waals surface area contributed by atoms with Crippen LogP contribution in [0.5, 0.6) is 0 Å². The molecule has 8 heteroatoms. The molecule has 0 atom stereocenters. The standard InChI is InChI=1S/C24H17Cl2N3O3/c25-16-7-8-19(26)18(12-16)21-9-10-22(32-21)24(31)29-20-6-2-1-5-17(20)23(30)28-14-15-4-3-11-27-13-15/h1-13H,14H2,(H,28,30)(H,29,31). The van der Waals surface area contributed by atoms with E-state index in [1.165, 1.54) is 6.07 Å². The Labute approximate surface area is 194 Å². The first-order valence-corrected chi connectivity index (χ1v) is 10.4. The number of halogens is 2. The van der Waals surface area contributed by atoms with Crippen molar-refractivity contribution in [1.29, 1.82) is 0 Å². The molecule has 0 saturated heterocycles. The van der Waals surface area contributed by atoms with E-state index in [9.17, 15) is 9.59 Å². The molecule has 6 nitrogen and oxygen atoms in total. The highest BCUT2D eigenvalue weighted by Crippen LogP contribution is 2.32. The number of hydrogen-bond donors (Lipinski definition) is 2. The van der Waals surface area contributed by atoms with Gasteiger partial charge < -0.3 is 15.1 Å². The van der Waals surface area contributed by atoms with Crippen molar-refractivity contribution in [2.75, 3.05) is 5.32 Å². The lowest BCUT2D eigenvalue weighted by molar-refractivity contribution is 0.0951. The third kappa shape index (κ3) is 4.99. The molecule has 0 aliphatic carbocycles. The zero-order valence-corrected chi connectivity index (χ0v) is 18.2. The van der Waals surface area contributed by atoms with Gasteiger partial charge in [-0.3, -0.25) is 14.6 Å². The summed E-state index contributed by atoms with van der Waals surface area (Å²) in [6.45, 7) is 0.316. The highest BCUT2D eigenvalue weighted by atomic mass is 35.5. The summed E-state index contributed by atoms with van der Waals surface area (Å²) in [5.74, 6) is -0.343. The summed E-state index contributed by atoms with van der Waals surface area (Å²) in [7, 11) is 0. The summed E-state index contributed by atoms with van der Waals surface area (Å²) in [6.07, 6.45) is 3.34. The number of furan rings is 1. The van der Waals surface area contributed by atoms with Crippen molar-refractivity contribution in [3.8, 4) is 11.3 Å². The van der Waals surface area contributed by atoms with E-state index >= 15 is 0 Å². The summed E-state index contributed by atoms with van der Waals surface area (Å²) in [5, 5.41) is 6.51. The Hall–Kier alpha value is -3.61. The van der Waals surface area contributed by atoms with Crippen LogP contribution >= 0.6 is 23.2 Å². The smallest absolute Gasteiger partial charge is 0.291 e. The number of pyridine rings is 1. The third-order valence-corrected chi connectivity index (χ3v) is 5.18. The Morgan fingerprint density at radius 3 is 2.59 bits per heavy atom. The van der Waals surface area contributed by atoms with Gasteiger partial charge >= 0.3 is 0 Å². The molecule has 2 heterocycles. The van der Waals surface area contributed by atoms with Crippen LogP contribution in [0.25, 0.3) is 11.3 Å². The summed E-state index contributed by atoms with van der Waals surface area (Å²) in [6, 6.07) is 18.5. The van der Waals surface area contributed by atoms with Crippen LogP contribution in [0.1, 0.15) is 26.5 Å². The van der Waals surface area contributed by atoms with Crippen molar-refractivity contribution in [2.45, 2.75) is 6.54 Å². The van der Waals surface area contributed by atoms with E-state index in [4.69, 9.17) is 27.6 Å². The maximum Gasteiger partial charge on any atom is 0.291 e. The molecule has 0 unspecified atom stereocenters. The van der Waals surface area contributed by atoms with E-state index in [-0.39, 0.29) is 11.7 Å². The van der Waals surface area contributed by atoms with Gasteiger partial charge in [0.15, 0.2) is 5.76 Å². The van der Waals surface area contributed by atoms with Crippen molar-refractivity contribution in [3.05, 3.63) is 106 Å². The molecule has 4 aromatic rings.